The van der Waals surface area contributed by atoms with Crippen LogP contribution in [-0.4, -0.2) is 48.1 Å². The van der Waals surface area contributed by atoms with E-state index in [0.29, 0.717) is 22.7 Å². The van der Waals surface area contributed by atoms with E-state index >= 15 is 0 Å². The van der Waals surface area contributed by atoms with Crippen LogP contribution < -0.4 is 10.1 Å². The first-order valence-corrected chi connectivity index (χ1v) is 11.2. The number of likely N-dealkylation sites (tertiary alicyclic amines) is 1. The van der Waals surface area contributed by atoms with E-state index in [2.05, 4.69) is 31.1 Å². The number of benzene rings is 1. The third-order valence-electron chi connectivity index (χ3n) is 5.99. The van der Waals surface area contributed by atoms with Crippen molar-refractivity contribution in [3.63, 3.8) is 0 Å². The van der Waals surface area contributed by atoms with E-state index in [1.807, 2.05) is 6.07 Å². The van der Waals surface area contributed by atoms with Gasteiger partial charge >= 0.3 is 5.97 Å². The number of amides is 1. The van der Waals surface area contributed by atoms with Crippen molar-refractivity contribution in [1.82, 2.24) is 4.90 Å². The maximum absolute atomic E-state index is 13.1. The Morgan fingerprint density at radius 1 is 1.30 bits per heavy atom. The van der Waals surface area contributed by atoms with Gasteiger partial charge in [-0.15, -0.1) is 11.3 Å². The Morgan fingerprint density at radius 3 is 2.77 bits per heavy atom. The molecule has 0 spiro atoms. The van der Waals surface area contributed by atoms with Crippen LogP contribution in [0.2, 0.25) is 0 Å². The fraction of sp³-hybridized carbons (Fsp3) is 0.478. The number of hydrogen-bond acceptors (Lipinski definition) is 5. The van der Waals surface area contributed by atoms with Gasteiger partial charge in [0.1, 0.15) is 16.9 Å². The number of fused-ring (bicyclic) bond motifs is 1. The zero-order valence-electron chi connectivity index (χ0n) is 17.7. The molecule has 30 heavy (non-hydrogen) atoms. The number of likely N-dealkylation sites (N-methyl/N-ethyl adjacent to an activating group) is 1. The molecule has 1 aromatic carbocycles. The zero-order chi connectivity index (χ0) is 21.5. The molecule has 0 unspecified atom stereocenters. The Kier molecular flexibility index (Phi) is 5.59. The predicted molar refractivity (Wildman–Crippen MR) is 118 cm³/mol. The molecule has 1 fully saturated rings. The largest absolute Gasteiger partial charge is 0.488 e. The number of carboxylic acid groups (broad SMARTS) is 1. The fourth-order valence-corrected chi connectivity index (χ4v) is 5.54. The zero-order valence-corrected chi connectivity index (χ0v) is 18.5. The van der Waals surface area contributed by atoms with E-state index in [1.165, 1.54) is 11.3 Å². The quantitative estimate of drug-likeness (QED) is 0.742. The van der Waals surface area contributed by atoms with Crippen LogP contribution in [-0.2, 0) is 12.8 Å². The highest BCUT2D eigenvalue weighted by Crippen LogP contribution is 2.44. The summed E-state index contributed by atoms with van der Waals surface area (Å²) in [5.74, 6) is -0.786. The normalized spacial score (nSPS) is 20.6. The highest BCUT2D eigenvalue weighted by Gasteiger charge is 2.33. The number of ether oxygens (including phenoxy) is 1. The van der Waals surface area contributed by atoms with Gasteiger partial charge in [-0.3, -0.25) is 4.79 Å². The molecule has 0 radical (unpaired) electrons. The molecular weight excluding hydrogens is 400 g/mol. The van der Waals surface area contributed by atoms with Crippen LogP contribution in [0.3, 0.4) is 0 Å². The average molecular weight is 429 g/mol. The topological polar surface area (TPSA) is 78.9 Å². The minimum absolute atomic E-state index is 0.0508. The number of nitrogens with zero attached hydrogens (tertiary/aromatic N) is 1. The van der Waals surface area contributed by atoms with E-state index in [0.717, 1.165) is 42.8 Å². The third-order valence-corrected chi connectivity index (χ3v) is 7.20. The highest BCUT2D eigenvalue weighted by molar-refractivity contribution is 7.17. The van der Waals surface area contributed by atoms with Gasteiger partial charge in [0.05, 0.1) is 11.1 Å². The summed E-state index contributed by atoms with van der Waals surface area (Å²) in [6.07, 6.45) is 3.54. The molecule has 1 saturated heterocycles. The summed E-state index contributed by atoms with van der Waals surface area (Å²) in [6, 6.07) is 7.16. The lowest BCUT2D eigenvalue weighted by atomic mass is 9.76. The van der Waals surface area contributed by atoms with E-state index in [4.69, 9.17) is 4.74 Å². The summed E-state index contributed by atoms with van der Waals surface area (Å²) in [6.45, 7) is 6.11. The van der Waals surface area contributed by atoms with Gasteiger partial charge in [0, 0.05) is 18.0 Å². The second-order valence-electron chi connectivity index (χ2n) is 9.10. The van der Waals surface area contributed by atoms with Crippen molar-refractivity contribution < 1.29 is 19.4 Å². The first-order chi connectivity index (χ1) is 14.2. The molecular formula is C23H28N2O4S. The Hall–Kier alpha value is -2.38. The van der Waals surface area contributed by atoms with Crippen molar-refractivity contribution in [2.75, 3.05) is 25.5 Å². The summed E-state index contributed by atoms with van der Waals surface area (Å²) in [5.41, 5.74) is 1.61. The maximum atomic E-state index is 13.1. The van der Waals surface area contributed by atoms with Crippen molar-refractivity contribution in [2.45, 2.75) is 45.6 Å². The average Bonchev–Trinajstić information content (AvgIpc) is 3.23. The maximum Gasteiger partial charge on any atom is 0.339 e. The SMILES string of the molecule is CN1CC[C@H](Oc2ccccc2C(=O)Nc2sc3c(c2C(=O)O)CC(C)(C)CC3)C1. The Morgan fingerprint density at radius 2 is 2.07 bits per heavy atom. The van der Waals surface area contributed by atoms with Gasteiger partial charge in [0.15, 0.2) is 0 Å². The lowest BCUT2D eigenvalue weighted by Gasteiger charge is -2.29. The van der Waals surface area contributed by atoms with Gasteiger partial charge in [-0.2, -0.15) is 0 Å². The van der Waals surface area contributed by atoms with E-state index in [9.17, 15) is 14.7 Å². The summed E-state index contributed by atoms with van der Waals surface area (Å²) in [7, 11) is 2.05. The smallest absolute Gasteiger partial charge is 0.339 e. The number of para-hydroxylation sites is 1. The van der Waals surface area contributed by atoms with Gasteiger partial charge in [-0.25, -0.2) is 4.79 Å². The molecule has 1 aromatic heterocycles. The fourth-order valence-electron chi connectivity index (χ4n) is 4.33. The van der Waals surface area contributed by atoms with Gasteiger partial charge in [0.25, 0.3) is 5.91 Å². The molecule has 4 rings (SSSR count). The van der Waals surface area contributed by atoms with Crippen LogP contribution in [0.1, 0.15) is 57.8 Å². The second-order valence-corrected chi connectivity index (χ2v) is 10.2. The van der Waals surface area contributed by atoms with E-state index in [1.54, 1.807) is 18.2 Å². The van der Waals surface area contributed by atoms with Gasteiger partial charge < -0.3 is 20.1 Å². The lowest BCUT2D eigenvalue weighted by Crippen LogP contribution is -2.23. The second kappa shape index (κ2) is 8.04. The summed E-state index contributed by atoms with van der Waals surface area (Å²) in [5, 5.41) is 13.2. The molecule has 2 heterocycles. The van der Waals surface area contributed by atoms with Gasteiger partial charge in [-0.05, 0) is 55.8 Å². The molecule has 2 aromatic rings. The number of aromatic carboxylic acids is 1. The number of carbonyl (C=O) groups excluding carboxylic acids is 1. The minimum Gasteiger partial charge on any atom is -0.488 e. The summed E-state index contributed by atoms with van der Waals surface area (Å²) < 4.78 is 6.11. The van der Waals surface area contributed by atoms with Gasteiger partial charge in [0.2, 0.25) is 0 Å². The molecule has 0 bridgehead atoms. The highest BCUT2D eigenvalue weighted by atomic mass is 32.1. The first kappa shape index (κ1) is 20.9. The van der Waals surface area contributed by atoms with Crippen LogP contribution in [0.15, 0.2) is 24.3 Å². The molecule has 2 aliphatic rings. The Labute approximate surface area is 180 Å². The molecule has 2 N–H and O–H groups in total. The van der Waals surface area contributed by atoms with Crippen molar-refractivity contribution in [3.8, 4) is 5.75 Å². The van der Waals surface area contributed by atoms with Crippen molar-refractivity contribution in [1.29, 1.82) is 0 Å². The van der Waals surface area contributed by atoms with Gasteiger partial charge in [-0.1, -0.05) is 26.0 Å². The van der Waals surface area contributed by atoms with Crippen LogP contribution >= 0.6 is 11.3 Å². The molecule has 1 amide bonds. The summed E-state index contributed by atoms with van der Waals surface area (Å²) >= 11 is 1.39. The molecule has 6 nitrogen and oxygen atoms in total. The Bertz CT molecular complexity index is 982. The molecule has 1 atom stereocenters. The predicted octanol–water partition coefficient (Wildman–Crippen LogP) is 4.30. The van der Waals surface area contributed by atoms with E-state index in [-0.39, 0.29) is 23.0 Å². The number of nitrogens with one attached hydrogen (secondary N) is 1. The number of thiophene rings is 1. The number of carbonyl (C=O) groups is 2. The number of anilines is 1. The molecule has 0 saturated carbocycles. The molecule has 160 valence electrons. The van der Waals surface area contributed by atoms with Crippen molar-refractivity contribution in [3.05, 3.63) is 45.8 Å². The van der Waals surface area contributed by atoms with Crippen LogP contribution in [0.4, 0.5) is 5.00 Å². The number of aryl methyl sites for hydroxylation is 1. The third kappa shape index (κ3) is 4.23. The number of hydrogen-bond donors (Lipinski definition) is 2. The summed E-state index contributed by atoms with van der Waals surface area (Å²) in [4.78, 5) is 28.4. The minimum atomic E-state index is -0.987. The molecule has 1 aliphatic heterocycles. The Balaban J connectivity index is 1.59. The first-order valence-electron chi connectivity index (χ1n) is 10.4. The monoisotopic (exact) mass is 428 g/mol. The standard InChI is InChI=1S/C23H28N2O4S/c1-23(2)10-8-18-16(12-23)19(22(27)28)21(30-18)24-20(26)15-6-4-5-7-17(15)29-14-9-11-25(3)13-14/h4-7,14H,8-13H2,1-3H3,(H,24,26)(H,27,28)/t14-/m0/s1. The number of rotatable bonds is 5. The lowest BCUT2D eigenvalue weighted by molar-refractivity contribution is 0.0696. The van der Waals surface area contributed by atoms with Crippen LogP contribution in [0, 0.1) is 5.41 Å². The van der Waals surface area contributed by atoms with Crippen LogP contribution in [0.25, 0.3) is 0 Å². The molecule has 1 aliphatic carbocycles. The number of carboxylic acids is 1. The van der Waals surface area contributed by atoms with Crippen molar-refractivity contribution in [2.24, 2.45) is 5.41 Å². The molecule has 7 heteroatoms. The van der Waals surface area contributed by atoms with E-state index < -0.39 is 5.97 Å². The van der Waals surface area contributed by atoms with Crippen molar-refractivity contribution >= 4 is 28.2 Å². The van der Waals surface area contributed by atoms with Crippen LogP contribution in [0.5, 0.6) is 5.75 Å².